The van der Waals surface area contributed by atoms with Gasteiger partial charge in [0, 0.05) is 17.7 Å². The highest BCUT2D eigenvalue weighted by Gasteiger charge is 2.07. The van der Waals surface area contributed by atoms with Crippen LogP contribution < -0.4 is 5.32 Å². The molecule has 0 fully saturated rings. The molecular weight excluding hydrogens is 184 g/mol. The molecule has 74 valence electrons. The molecule has 1 aromatic rings. The van der Waals surface area contributed by atoms with Crippen molar-refractivity contribution in [2.24, 2.45) is 0 Å². The topological polar surface area (TPSA) is 72.2 Å². The molecule has 1 N–H and O–H groups in total. The molecular formula is C9H10N2O3. The minimum atomic E-state index is -0.494. The van der Waals surface area contributed by atoms with Gasteiger partial charge in [0.15, 0.2) is 5.78 Å². The maximum Gasteiger partial charge on any atom is 0.269 e. The van der Waals surface area contributed by atoms with Crippen molar-refractivity contribution in [1.82, 2.24) is 5.32 Å². The van der Waals surface area contributed by atoms with Gasteiger partial charge in [0.05, 0.1) is 11.5 Å². The van der Waals surface area contributed by atoms with Crippen molar-refractivity contribution in [1.29, 1.82) is 0 Å². The average Bonchev–Trinajstić information content (AvgIpc) is 2.18. The van der Waals surface area contributed by atoms with E-state index in [4.69, 9.17) is 0 Å². The minimum Gasteiger partial charge on any atom is -0.313 e. The molecule has 0 aromatic heterocycles. The first-order valence-corrected chi connectivity index (χ1v) is 4.07. The number of carbonyl (C=O) groups excluding carboxylic acids is 1. The number of nitrogens with one attached hydrogen (secondary N) is 1. The fraction of sp³-hybridized carbons (Fsp3) is 0.222. The minimum absolute atomic E-state index is 0.00833. The van der Waals surface area contributed by atoms with Crippen LogP contribution in [0.1, 0.15) is 10.4 Å². The third kappa shape index (κ3) is 2.37. The number of carbonyl (C=O) groups is 1. The van der Waals surface area contributed by atoms with Crippen LogP contribution in [0.4, 0.5) is 5.69 Å². The lowest BCUT2D eigenvalue weighted by Crippen LogP contribution is -2.18. The SMILES string of the molecule is CNCC(=O)c1ccc([N+](=O)[O-])cc1. The van der Waals surface area contributed by atoms with E-state index in [0.717, 1.165) is 0 Å². The summed E-state index contributed by atoms with van der Waals surface area (Å²) in [6, 6.07) is 5.56. The fourth-order valence-electron chi connectivity index (χ4n) is 1.03. The lowest BCUT2D eigenvalue weighted by molar-refractivity contribution is -0.384. The first-order chi connectivity index (χ1) is 6.65. The Bertz CT molecular complexity index is 346. The number of nitro groups is 1. The molecule has 0 unspecified atom stereocenters. The Morgan fingerprint density at radius 1 is 1.43 bits per heavy atom. The summed E-state index contributed by atoms with van der Waals surface area (Å²) in [6.45, 7) is 0.234. The summed E-state index contributed by atoms with van der Waals surface area (Å²) in [5.41, 5.74) is 0.468. The zero-order valence-corrected chi connectivity index (χ0v) is 7.69. The number of rotatable bonds is 4. The van der Waals surface area contributed by atoms with Crippen LogP contribution in [0.3, 0.4) is 0 Å². The number of Topliss-reactive ketones (excluding diaryl/α,β-unsaturated/α-hetero) is 1. The zero-order chi connectivity index (χ0) is 10.6. The fourth-order valence-corrected chi connectivity index (χ4v) is 1.03. The van der Waals surface area contributed by atoms with E-state index in [2.05, 4.69) is 5.32 Å². The van der Waals surface area contributed by atoms with Crippen LogP contribution in [0.2, 0.25) is 0 Å². The Morgan fingerprint density at radius 3 is 2.43 bits per heavy atom. The van der Waals surface area contributed by atoms with Gasteiger partial charge in [-0.05, 0) is 19.2 Å². The molecule has 0 amide bonds. The van der Waals surface area contributed by atoms with Crippen LogP contribution in [0.5, 0.6) is 0 Å². The summed E-state index contributed by atoms with van der Waals surface area (Å²) < 4.78 is 0. The van der Waals surface area contributed by atoms with Crippen molar-refractivity contribution in [3.05, 3.63) is 39.9 Å². The summed E-state index contributed by atoms with van der Waals surface area (Å²) in [5, 5.41) is 13.0. The van der Waals surface area contributed by atoms with Gasteiger partial charge in [-0.2, -0.15) is 0 Å². The summed E-state index contributed by atoms with van der Waals surface area (Å²) >= 11 is 0. The second-order valence-corrected chi connectivity index (χ2v) is 2.76. The number of nitrogens with zero attached hydrogens (tertiary/aromatic N) is 1. The molecule has 1 rings (SSSR count). The number of nitro benzene ring substituents is 1. The Morgan fingerprint density at radius 2 is 2.00 bits per heavy atom. The Kier molecular flexibility index (Phi) is 3.30. The lowest BCUT2D eigenvalue weighted by Gasteiger charge is -1.98. The van der Waals surface area contributed by atoms with Gasteiger partial charge in [0.2, 0.25) is 0 Å². The third-order valence-corrected chi connectivity index (χ3v) is 1.74. The normalized spacial score (nSPS) is 9.79. The summed E-state index contributed by atoms with van der Waals surface area (Å²) in [7, 11) is 1.67. The van der Waals surface area contributed by atoms with E-state index >= 15 is 0 Å². The van der Waals surface area contributed by atoms with E-state index in [1.807, 2.05) is 0 Å². The molecule has 0 aliphatic carbocycles. The van der Waals surface area contributed by atoms with Gasteiger partial charge >= 0.3 is 0 Å². The van der Waals surface area contributed by atoms with Crippen LogP contribution in [-0.2, 0) is 0 Å². The summed E-state index contributed by atoms with van der Waals surface area (Å²) in [6.07, 6.45) is 0. The Hall–Kier alpha value is -1.75. The van der Waals surface area contributed by atoms with E-state index in [1.54, 1.807) is 7.05 Å². The quantitative estimate of drug-likeness (QED) is 0.441. The monoisotopic (exact) mass is 194 g/mol. The second kappa shape index (κ2) is 4.48. The molecule has 1 aromatic carbocycles. The molecule has 0 saturated heterocycles. The Labute approximate surface area is 80.9 Å². The lowest BCUT2D eigenvalue weighted by atomic mass is 10.1. The number of ketones is 1. The van der Waals surface area contributed by atoms with E-state index in [-0.39, 0.29) is 18.0 Å². The molecule has 0 saturated carbocycles. The first kappa shape index (κ1) is 10.3. The molecule has 0 aliphatic heterocycles. The molecule has 0 atom stereocenters. The standard InChI is InChI=1S/C9H10N2O3/c1-10-6-9(12)7-2-4-8(5-3-7)11(13)14/h2-5,10H,6H2,1H3. The van der Waals surface area contributed by atoms with Gasteiger partial charge in [0.1, 0.15) is 0 Å². The van der Waals surface area contributed by atoms with Crippen molar-refractivity contribution in [2.75, 3.05) is 13.6 Å². The molecule has 5 heteroatoms. The van der Waals surface area contributed by atoms with Gasteiger partial charge in [-0.25, -0.2) is 0 Å². The van der Waals surface area contributed by atoms with Gasteiger partial charge in [-0.15, -0.1) is 0 Å². The first-order valence-electron chi connectivity index (χ1n) is 4.07. The largest absolute Gasteiger partial charge is 0.313 e. The molecule has 0 aliphatic rings. The molecule has 5 nitrogen and oxygen atoms in total. The Balaban J connectivity index is 2.83. The predicted molar refractivity (Wildman–Crippen MR) is 51.4 cm³/mol. The number of hydrogen-bond acceptors (Lipinski definition) is 4. The molecule has 14 heavy (non-hydrogen) atoms. The van der Waals surface area contributed by atoms with Gasteiger partial charge in [-0.1, -0.05) is 0 Å². The van der Waals surface area contributed by atoms with Gasteiger partial charge in [-0.3, -0.25) is 14.9 Å². The maximum absolute atomic E-state index is 11.3. The molecule has 0 bridgehead atoms. The zero-order valence-electron chi connectivity index (χ0n) is 7.69. The number of hydrogen-bond donors (Lipinski definition) is 1. The third-order valence-electron chi connectivity index (χ3n) is 1.74. The smallest absolute Gasteiger partial charge is 0.269 e. The average molecular weight is 194 g/mol. The number of likely N-dealkylation sites (N-methyl/N-ethyl adjacent to an activating group) is 1. The van der Waals surface area contributed by atoms with Gasteiger partial charge in [0.25, 0.3) is 5.69 Å². The van der Waals surface area contributed by atoms with Crippen LogP contribution in [0.15, 0.2) is 24.3 Å². The van der Waals surface area contributed by atoms with E-state index in [9.17, 15) is 14.9 Å². The van der Waals surface area contributed by atoms with Crippen molar-refractivity contribution in [3.8, 4) is 0 Å². The number of benzene rings is 1. The van der Waals surface area contributed by atoms with Crippen molar-refractivity contribution >= 4 is 11.5 Å². The maximum atomic E-state index is 11.3. The number of non-ortho nitro benzene ring substituents is 1. The molecule has 0 heterocycles. The van der Waals surface area contributed by atoms with E-state index in [0.29, 0.717) is 5.56 Å². The summed E-state index contributed by atoms with van der Waals surface area (Å²) in [5.74, 6) is -0.0811. The van der Waals surface area contributed by atoms with E-state index in [1.165, 1.54) is 24.3 Å². The highest BCUT2D eigenvalue weighted by Crippen LogP contribution is 2.11. The predicted octanol–water partition coefficient (Wildman–Crippen LogP) is 0.997. The van der Waals surface area contributed by atoms with Crippen LogP contribution in [0.25, 0.3) is 0 Å². The van der Waals surface area contributed by atoms with Crippen LogP contribution in [0, 0.1) is 10.1 Å². The molecule has 0 spiro atoms. The molecule has 0 radical (unpaired) electrons. The van der Waals surface area contributed by atoms with E-state index < -0.39 is 4.92 Å². The second-order valence-electron chi connectivity index (χ2n) is 2.76. The summed E-state index contributed by atoms with van der Waals surface area (Å²) in [4.78, 5) is 21.1. The highest BCUT2D eigenvalue weighted by atomic mass is 16.6. The van der Waals surface area contributed by atoms with Crippen molar-refractivity contribution in [2.45, 2.75) is 0 Å². The van der Waals surface area contributed by atoms with Crippen LogP contribution >= 0.6 is 0 Å². The van der Waals surface area contributed by atoms with Crippen molar-refractivity contribution < 1.29 is 9.72 Å². The highest BCUT2D eigenvalue weighted by molar-refractivity contribution is 5.97. The van der Waals surface area contributed by atoms with Gasteiger partial charge < -0.3 is 5.32 Å². The van der Waals surface area contributed by atoms with Crippen molar-refractivity contribution in [3.63, 3.8) is 0 Å². The van der Waals surface area contributed by atoms with Crippen LogP contribution in [-0.4, -0.2) is 24.3 Å².